The molecule has 3 nitrogen and oxygen atoms in total. The highest BCUT2D eigenvalue weighted by Gasteiger charge is 2.05. The summed E-state index contributed by atoms with van der Waals surface area (Å²) in [7, 11) is 0. The van der Waals surface area contributed by atoms with Gasteiger partial charge in [-0.3, -0.25) is 0 Å². The normalized spacial score (nSPS) is 10.9. The van der Waals surface area contributed by atoms with E-state index in [2.05, 4.69) is 6.92 Å². The van der Waals surface area contributed by atoms with Gasteiger partial charge in [-0.25, -0.2) is 4.79 Å². The van der Waals surface area contributed by atoms with Crippen molar-refractivity contribution in [1.29, 1.82) is 0 Å². The highest BCUT2D eigenvalue weighted by molar-refractivity contribution is 5.80. The van der Waals surface area contributed by atoms with Crippen LogP contribution < -0.4 is 11.4 Å². The molecule has 1 aromatic carbocycles. The molecule has 2 rings (SSSR count). The van der Waals surface area contributed by atoms with Gasteiger partial charge in [0.2, 0.25) is 0 Å². The molecule has 18 heavy (non-hydrogen) atoms. The molecule has 1 heterocycles. The van der Waals surface area contributed by atoms with Crippen LogP contribution in [0.2, 0.25) is 0 Å². The molecule has 0 atom stereocenters. The van der Waals surface area contributed by atoms with E-state index in [0.717, 1.165) is 30.2 Å². The van der Waals surface area contributed by atoms with E-state index in [1.165, 1.54) is 12.8 Å². The Balaban J connectivity index is 2.22. The Morgan fingerprint density at radius 2 is 2.00 bits per heavy atom. The molecular formula is C15H19NO2. The summed E-state index contributed by atoms with van der Waals surface area (Å²) in [6.07, 6.45) is 5.39. The highest BCUT2D eigenvalue weighted by Crippen LogP contribution is 2.17. The van der Waals surface area contributed by atoms with E-state index in [4.69, 9.17) is 10.2 Å². The lowest BCUT2D eigenvalue weighted by atomic mass is 10.1. The van der Waals surface area contributed by atoms with Gasteiger partial charge in [0.1, 0.15) is 5.58 Å². The summed E-state index contributed by atoms with van der Waals surface area (Å²) >= 11 is 0. The number of hydrogen-bond donors (Lipinski definition) is 1. The van der Waals surface area contributed by atoms with Crippen LogP contribution in [0.1, 0.15) is 38.2 Å². The molecule has 0 saturated heterocycles. The molecule has 0 aliphatic heterocycles. The second-order valence-electron chi connectivity index (χ2n) is 4.67. The minimum absolute atomic E-state index is 0.219. The van der Waals surface area contributed by atoms with Gasteiger partial charge < -0.3 is 10.2 Å². The predicted molar refractivity (Wildman–Crippen MR) is 74.7 cm³/mol. The fraction of sp³-hybridized carbons (Fsp3) is 0.400. The summed E-state index contributed by atoms with van der Waals surface area (Å²) in [5, 5.41) is 0.903. The first kappa shape index (κ1) is 12.7. The topological polar surface area (TPSA) is 56.2 Å². The molecule has 2 aromatic rings. The van der Waals surface area contributed by atoms with Crippen molar-refractivity contribution >= 4 is 16.7 Å². The third-order valence-electron chi connectivity index (χ3n) is 3.13. The van der Waals surface area contributed by atoms with E-state index in [1.54, 1.807) is 12.1 Å². The average molecular weight is 245 g/mol. The zero-order valence-electron chi connectivity index (χ0n) is 10.7. The van der Waals surface area contributed by atoms with Crippen LogP contribution in [0.3, 0.4) is 0 Å². The molecule has 0 amide bonds. The molecule has 96 valence electrons. The zero-order valence-corrected chi connectivity index (χ0v) is 10.7. The van der Waals surface area contributed by atoms with Crippen molar-refractivity contribution in [2.75, 3.05) is 5.73 Å². The number of aryl methyl sites for hydroxylation is 1. The number of fused-ring (bicyclic) bond motifs is 1. The van der Waals surface area contributed by atoms with Crippen molar-refractivity contribution < 1.29 is 4.42 Å². The second kappa shape index (κ2) is 5.71. The number of benzene rings is 1. The molecule has 0 saturated carbocycles. The predicted octanol–water partition coefficient (Wildman–Crippen LogP) is 3.50. The number of rotatable bonds is 5. The van der Waals surface area contributed by atoms with Gasteiger partial charge in [-0.15, -0.1) is 0 Å². The van der Waals surface area contributed by atoms with Crippen molar-refractivity contribution in [3.05, 3.63) is 40.2 Å². The SMILES string of the molecule is CCCCCCc1cc2cc(N)ccc2oc1=O. The fourth-order valence-corrected chi connectivity index (χ4v) is 2.10. The lowest BCUT2D eigenvalue weighted by Gasteiger charge is -2.03. The summed E-state index contributed by atoms with van der Waals surface area (Å²) in [6, 6.07) is 7.23. The van der Waals surface area contributed by atoms with Crippen molar-refractivity contribution in [1.82, 2.24) is 0 Å². The van der Waals surface area contributed by atoms with Gasteiger partial charge in [0, 0.05) is 16.6 Å². The van der Waals surface area contributed by atoms with E-state index in [-0.39, 0.29) is 5.63 Å². The lowest BCUT2D eigenvalue weighted by Crippen LogP contribution is -2.07. The van der Waals surface area contributed by atoms with E-state index >= 15 is 0 Å². The monoisotopic (exact) mass is 245 g/mol. The van der Waals surface area contributed by atoms with Crippen LogP contribution in [0.4, 0.5) is 5.69 Å². The maximum atomic E-state index is 11.8. The molecule has 0 fully saturated rings. The minimum atomic E-state index is -0.219. The maximum Gasteiger partial charge on any atom is 0.339 e. The zero-order chi connectivity index (χ0) is 13.0. The highest BCUT2D eigenvalue weighted by atomic mass is 16.4. The molecule has 0 aliphatic carbocycles. The Kier molecular flexibility index (Phi) is 4.03. The largest absolute Gasteiger partial charge is 0.423 e. The molecule has 3 heteroatoms. The van der Waals surface area contributed by atoms with Crippen molar-refractivity contribution in [3.8, 4) is 0 Å². The molecule has 0 radical (unpaired) electrons. The summed E-state index contributed by atoms with van der Waals surface area (Å²) in [5.41, 5.74) is 7.56. The van der Waals surface area contributed by atoms with Gasteiger partial charge in [-0.05, 0) is 37.1 Å². The van der Waals surface area contributed by atoms with Crippen LogP contribution in [-0.4, -0.2) is 0 Å². The first-order valence-electron chi connectivity index (χ1n) is 6.53. The number of nitrogen functional groups attached to an aromatic ring is 1. The molecule has 0 spiro atoms. The number of hydrogen-bond acceptors (Lipinski definition) is 3. The van der Waals surface area contributed by atoms with Crippen molar-refractivity contribution in [2.45, 2.75) is 39.0 Å². The smallest absolute Gasteiger partial charge is 0.339 e. The third kappa shape index (κ3) is 2.92. The Bertz CT molecular complexity index is 587. The van der Waals surface area contributed by atoms with Crippen molar-refractivity contribution in [2.24, 2.45) is 0 Å². The molecule has 2 N–H and O–H groups in total. The lowest BCUT2D eigenvalue weighted by molar-refractivity contribution is 0.545. The van der Waals surface area contributed by atoms with Crippen LogP contribution in [0, 0.1) is 0 Å². The first-order valence-corrected chi connectivity index (χ1v) is 6.53. The Labute approximate surface area is 107 Å². The van der Waals surface area contributed by atoms with Crippen LogP contribution in [0.5, 0.6) is 0 Å². The number of anilines is 1. The molecule has 0 bridgehead atoms. The van der Waals surface area contributed by atoms with Gasteiger partial charge in [-0.2, -0.15) is 0 Å². The Morgan fingerprint density at radius 3 is 2.78 bits per heavy atom. The van der Waals surface area contributed by atoms with Gasteiger partial charge in [-0.1, -0.05) is 26.2 Å². The number of unbranched alkanes of at least 4 members (excludes halogenated alkanes) is 3. The van der Waals surface area contributed by atoms with Crippen LogP contribution in [0.25, 0.3) is 11.0 Å². The molecule has 0 aliphatic rings. The van der Waals surface area contributed by atoms with Gasteiger partial charge >= 0.3 is 5.63 Å². The standard InChI is InChI=1S/C15H19NO2/c1-2-3-4-5-6-11-9-12-10-13(16)7-8-14(12)18-15(11)17/h7-10H,2-6,16H2,1H3. The van der Waals surface area contributed by atoms with E-state index < -0.39 is 0 Å². The van der Waals surface area contributed by atoms with Crippen LogP contribution >= 0.6 is 0 Å². The van der Waals surface area contributed by atoms with Gasteiger partial charge in [0.05, 0.1) is 0 Å². The number of nitrogens with two attached hydrogens (primary N) is 1. The van der Waals surface area contributed by atoms with Crippen LogP contribution in [0.15, 0.2) is 33.5 Å². The Morgan fingerprint density at radius 1 is 1.17 bits per heavy atom. The van der Waals surface area contributed by atoms with Crippen LogP contribution in [-0.2, 0) is 6.42 Å². The summed E-state index contributed by atoms with van der Waals surface area (Å²) in [6.45, 7) is 2.17. The molecule has 0 unspecified atom stereocenters. The molecular weight excluding hydrogens is 226 g/mol. The summed E-state index contributed by atoms with van der Waals surface area (Å²) in [5.74, 6) is 0. The third-order valence-corrected chi connectivity index (χ3v) is 3.13. The first-order chi connectivity index (χ1) is 8.70. The fourth-order valence-electron chi connectivity index (χ4n) is 2.10. The van der Waals surface area contributed by atoms with Crippen molar-refractivity contribution in [3.63, 3.8) is 0 Å². The quantitative estimate of drug-likeness (QED) is 0.498. The summed E-state index contributed by atoms with van der Waals surface area (Å²) < 4.78 is 5.29. The maximum absolute atomic E-state index is 11.8. The van der Waals surface area contributed by atoms with Gasteiger partial charge in [0.15, 0.2) is 0 Å². The Hall–Kier alpha value is -1.77. The van der Waals surface area contributed by atoms with Gasteiger partial charge in [0.25, 0.3) is 0 Å². The van der Waals surface area contributed by atoms with E-state index in [9.17, 15) is 4.79 Å². The molecule has 1 aromatic heterocycles. The van der Waals surface area contributed by atoms with E-state index in [1.807, 2.05) is 12.1 Å². The average Bonchev–Trinajstić information content (AvgIpc) is 2.35. The minimum Gasteiger partial charge on any atom is -0.423 e. The second-order valence-corrected chi connectivity index (χ2v) is 4.67. The van der Waals surface area contributed by atoms with E-state index in [0.29, 0.717) is 11.3 Å². The summed E-state index contributed by atoms with van der Waals surface area (Å²) in [4.78, 5) is 11.8.